The summed E-state index contributed by atoms with van der Waals surface area (Å²) in [7, 11) is 0. The molecule has 74 valence electrons. The van der Waals surface area contributed by atoms with Crippen LogP contribution in [-0.2, 0) is 6.61 Å². The molecule has 0 aliphatic heterocycles. The Kier molecular flexibility index (Phi) is 3.15. The molecule has 0 saturated carbocycles. The molecule has 2 heteroatoms. The smallest absolute Gasteiger partial charge is 0.0699 e. The van der Waals surface area contributed by atoms with E-state index in [2.05, 4.69) is 38.3 Å². The molecule has 1 rings (SSSR count). The van der Waals surface area contributed by atoms with E-state index in [0.29, 0.717) is 6.04 Å². The van der Waals surface area contributed by atoms with Crippen LogP contribution >= 0.6 is 0 Å². The van der Waals surface area contributed by atoms with Crippen LogP contribution in [0, 0.1) is 13.8 Å². The molecule has 1 heterocycles. The van der Waals surface area contributed by atoms with Crippen molar-refractivity contribution >= 4 is 0 Å². The van der Waals surface area contributed by atoms with Gasteiger partial charge in [0, 0.05) is 17.4 Å². The first-order valence-corrected chi connectivity index (χ1v) is 4.90. The minimum absolute atomic E-state index is 0.149. The summed E-state index contributed by atoms with van der Waals surface area (Å²) in [5.74, 6) is 0. The molecular weight excluding hydrogens is 162 g/mol. The molecule has 0 aromatic carbocycles. The Morgan fingerprint density at radius 1 is 1.46 bits per heavy atom. The highest BCUT2D eigenvalue weighted by atomic mass is 16.3. The fourth-order valence-electron chi connectivity index (χ4n) is 1.87. The SMILES string of the molecule is CCC(C)n1c(C)cc(CO)c1C. The molecule has 0 aliphatic rings. The van der Waals surface area contributed by atoms with Gasteiger partial charge in [-0.25, -0.2) is 0 Å². The molecule has 0 aliphatic carbocycles. The predicted molar refractivity (Wildman–Crippen MR) is 54.8 cm³/mol. The summed E-state index contributed by atoms with van der Waals surface area (Å²) in [4.78, 5) is 0. The third kappa shape index (κ3) is 1.78. The number of aromatic nitrogens is 1. The Labute approximate surface area is 80.2 Å². The zero-order chi connectivity index (χ0) is 10.0. The molecular formula is C11H19NO. The minimum atomic E-state index is 0.149. The summed E-state index contributed by atoms with van der Waals surface area (Å²) >= 11 is 0. The average Bonchev–Trinajstić information content (AvgIpc) is 2.40. The summed E-state index contributed by atoms with van der Waals surface area (Å²) < 4.78 is 2.30. The largest absolute Gasteiger partial charge is 0.392 e. The van der Waals surface area contributed by atoms with Gasteiger partial charge in [-0.3, -0.25) is 0 Å². The fraction of sp³-hybridized carbons (Fsp3) is 0.636. The third-order valence-electron chi connectivity index (χ3n) is 2.79. The standard InChI is InChI=1S/C11H19NO/c1-5-8(2)12-9(3)6-11(7-13)10(12)4/h6,8,13H,5,7H2,1-4H3. The second-order valence-corrected chi connectivity index (χ2v) is 3.68. The summed E-state index contributed by atoms with van der Waals surface area (Å²) in [6.07, 6.45) is 1.13. The van der Waals surface area contributed by atoms with Crippen LogP contribution in [0.25, 0.3) is 0 Å². The van der Waals surface area contributed by atoms with Gasteiger partial charge in [0.15, 0.2) is 0 Å². The topological polar surface area (TPSA) is 25.2 Å². The lowest BCUT2D eigenvalue weighted by molar-refractivity contribution is 0.280. The Hall–Kier alpha value is -0.760. The number of aliphatic hydroxyl groups is 1. The van der Waals surface area contributed by atoms with Crippen molar-refractivity contribution in [3.63, 3.8) is 0 Å². The average molecular weight is 181 g/mol. The molecule has 1 aromatic heterocycles. The maximum atomic E-state index is 9.10. The van der Waals surface area contributed by atoms with Crippen molar-refractivity contribution in [1.29, 1.82) is 0 Å². The molecule has 0 saturated heterocycles. The van der Waals surface area contributed by atoms with Crippen molar-refractivity contribution in [2.75, 3.05) is 0 Å². The van der Waals surface area contributed by atoms with Crippen molar-refractivity contribution in [3.05, 3.63) is 23.0 Å². The normalized spacial score (nSPS) is 13.3. The van der Waals surface area contributed by atoms with E-state index in [1.807, 2.05) is 0 Å². The van der Waals surface area contributed by atoms with Gasteiger partial charge >= 0.3 is 0 Å². The summed E-state index contributed by atoms with van der Waals surface area (Å²) in [5.41, 5.74) is 3.50. The molecule has 1 aromatic rings. The molecule has 1 atom stereocenters. The maximum Gasteiger partial charge on any atom is 0.0699 e. The quantitative estimate of drug-likeness (QED) is 0.761. The van der Waals surface area contributed by atoms with Crippen LogP contribution < -0.4 is 0 Å². The van der Waals surface area contributed by atoms with E-state index in [1.165, 1.54) is 11.4 Å². The van der Waals surface area contributed by atoms with Crippen LogP contribution in [0.1, 0.15) is 43.3 Å². The van der Waals surface area contributed by atoms with E-state index in [0.717, 1.165) is 12.0 Å². The lowest BCUT2D eigenvalue weighted by atomic mass is 10.2. The molecule has 1 unspecified atom stereocenters. The Balaban J connectivity index is 3.12. The van der Waals surface area contributed by atoms with Gasteiger partial charge < -0.3 is 9.67 Å². The van der Waals surface area contributed by atoms with Crippen molar-refractivity contribution in [3.8, 4) is 0 Å². The van der Waals surface area contributed by atoms with Crippen LogP contribution in [0.15, 0.2) is 6.07 Å². The van der Waals surface area contributed by atoms with Gasteiger partial charge in [-0.1, -0.05) is 6.92 Å². The lowest BCUT2D eigenvalue weighted by Gasteiger charge is -2.16. The van der Waals surface area contributed by atoms with Gasteiger partial charge in [0.1, 0.15) is 0 Å². The summed E-state index contributed by atoms with van der Waals surface area (Å²) in [6, 6.07) is 2.60. The Morgan fingerprint density at radius 3 is 2.46 bits per heavy atom. The number of nitrogens with zero attached hydrogens (tertiary/aromatic N) is 1. The van der Waals surface area contributed by atoms with Gasteiger partial charge in [-0.2, -0.15) is 0 Å². The van der Waals surface area contributed by atoms with E-state index in [4.69, 9.17) is 5.11 Å². The Morgan fingerprint density at radius 2 is 2.08 bits per heavy atom. The van der Waals surface area contributed by atoms with Gasteiger partial charge in [-0.15, -0.1) is 0 Å². The summed E-state index contributed by atoms with van der Waals surface area (Å²) in [6.45, 7) is 8.71. The highest BCUT2D eigenvalue weighted by Crippen LogP contribution is 2.21. The molecule has 2 nitrogen and oxygen atoms in total. The van der Waals surface area contributed by atoms with Crippen LogP contribution in [0.4, 0.5) is 0 Å². The molecule has 1 N–H and O–H groups in total. The van der Waals surface area contributed by atoms with Crippen LogP contribution in [0.3, 0.4) is 0 Å². The highest BCUT2D eigenvalue weighted by molar-refractivity contribution is 5.26. The van der Waals surface area contributed by atoms with E-state index in [-0.39, 0.29) is 6.61 Å². The number of aliphatic hydroxyl groups excluding tert-OH is 1. The maximum absolute atomic E-state index is 9.10. The lowest BCUT2D eigenvalue weighted by Crippen LogP contribution is -2.07. The van der Waals surface area contributed by atoms with E-state index < -0.39 is 0 Å². The highest BCUT2D eigenvalue weighted by Gasteiger charge is 2.11. The van der Waals surface area contributed by atoms with E-state index in [1.54, 1.807) is 0 Å². The van der Waals surface area contributed by atoms with Crippen molar-refractivity contribution < 1.29 is 5.11 Å². The molecule has 0 fully saturated rings. The summed E-state index contributed by atoms with van der Waals surface area (Å²) in [5, 5.41) is 9.10. The number of aryl methyl sites for hydroxylation is 1. The van der Waals surface area contributed by atoms with E-state index >= 15 is 0 Å². The third-order valence-corrected chi connectivity index (χ3v) is 2.79. The van der Waals surface area contributed by atoms with Crippen LogP contribution in [0.2, 0.25) is 0 Å². The molecule has 0 radical (unpaired) electrons. The number of hydrogen-bond donors (Lipinski definition) is 1. The van der Waals surface area contributed by atoms with Gasteiger partial charge in [0.25, 0.3) is 0 Å². The minimum Gasteiger partial charge on any atom is -0.392 e. The van der Waals surface area contributed by atoms with Gasteiger partial charge in [0.05, 0.1) is 6.61 Å². The number of hydrogen-bond acceptors (Lipinski definition) is 1. The van der Waals surface area contributed by atoms with Gasteiger partial charge in [-0.05, 0) is 38.8 Å². The molecule has 0 spiro atoms. The monoisotopic (exact) mass is 181 g/mol. The van der Waals surface area contributed by atoms with Crippen LogP contribution in [-0.4, -0.2) is 9.67 Å². The second-order valence-electron chi connectivity index (χ2n) is 3.68. The first-order valence-electron chi connectivity index (χ1n) is 4.90. The van der Waals surface area contributed by atoms with Crippen LogP contribution in [0.5, 0.6) is 0 Å². The number of rotatable bonds is 3. The molecule has 13 heavy (non-hydrogen) atoms. The van der Waals surface area contributed by atoms with Crippen molar-refractivity contribution in [2.24, 2.45) is 0 Å². The zero-order valence-electron chi connectivity index (χ0n) is 8.96. The predicted octanol–water partition coefficient (Wildman–Crippen LogP) is 2.57. The molecule has 0 amide bonds. The zero-order valence-corrected chi connectivity index (χ0v) is 8.96. The second kappa shape index (κ2) is 3.97. The van der Waals surface area contributed by atoms with Gasteiger partial charge in [0.2, 0.25) is 0 Å². The Bertz CT molecular complexity index is 289. The molecule has 0 bridgehead atoms. The van der Waals surface area contributed by atoms with E-state index in [9.17, 15) is 0 Å². The first-order chi connectivity index (χ1) is 6.11. The van der Waals surface area contributed by atoms with Crippen molar-refractivity contribution in [2.45, 2.75) is 46.8 Å². The fourth-order valence-corrected chi connectivity index (χ4v) is 1.87. The van der Waals surface area contributed by atoms with Crippen molar-refractivity contribution in [1.82, 2.24) is 4.57 Å². The first kappa shape index (κ1) is 10.3.